The van der Waals surface area contributed by atoms with Gasteiger partial charge in [-0.05, 0) is 62.4 Å². The molecule has 2 rings (SSSR count). The predicted molar refractivity (Wildman–Crippen MR) is 88.1 cm³/mol. The van der Waals surface area contributed by atoms with Gasteiger partial charge in [-0.1, -0.05) is 33.6 Å². The smallest absolute Gasteiger partial charge is 0.220 e. The van der Waals surface area contributed by atoms with Gasteiger partial charge in [0, 0.05) is 12.5 Å². The minimum Gasteiger partial charge on any atom is -0.353 e. The third kappa shape index (κ3) is 5.28. The first kappa shape index (κ1) is 16.8. The average Bonchev–Trinajstić information content (AvgIpc) is 2.48. The lowest BCUT2D eigenvalue weighted by Gasteiger charge is -2.33. The van der Waals surface area contributed by atoms with Gasteiger partial charge in [0.25, 0.3) is 0 Å². The van der Waals surface area contributed by atoms with Crippen molar-refractivity contribution in [2.24, 2.45) is 23.7 Å². The minimum atomic E-state index is 0.280. The molecular formula is C18H34N2O. The Hall–Kier alpha value is -0.570. The second-order valence-corrected chi connectivity index (χ2v) is 7.72. The standard InChI is InChI=1S/C18H34N2O/c1-13(2)15-6-4-8-17(11-15)20-18(21)10-14(3)16-7-5-9-19-12-16/h13-17,19H,4-12H2,1-3H3,(H,20,21). The van der Waals surface area contributed by atoms with Crippen molar-refractivity contribution < 1.29 is 4.79 Å². The molecule has 4 atom stereocenters. The predicted octanol–water partition coefficient (Wildman–Crippen LogP) is 3.34. The first-order valence-electron chi connectivity index (χ1n) is 9.06. The lowest BCUT2D eigenvalue weighted by molar-refractivity contribution is -0.123. The number of hydrogen-bond acceptors (Lipinski definition) is 2. The molecule has 0 bridgehead atoms. The van der Waals surface area contributed by atoms with Crippen LogP contribution in [0.25, 0.3) is 0 Å². The van der Waals surface area contributed by atoms with Crippen molar-refractivity contribution in [3.8, 4) is 0 Å². The molecule has 21 heavy (non-hydrogen) atoms. The van der Waals surface area contributed by atoms with Crippen LogP contribution in [-0.4, -0.2) is 25.0 Å². The molecule has 1 saturated heterocycles. The van der Waals surface area contributed by atoms with E-state index in [4.69, 9.17) is 0 Å². The highest BCUT2D eigenvalue weighted by molar-refractivity contribution is 5.76. The van der Waals surface area contributed by atoms with E-state index in [0.717, 1.165) is 24.9 Å². The van der Waals surface area contributed by atoms with Crippen LogP contribution >= 0.6 is 0 Å². The number of hydrogen-bond donors (Lipinski definition) is 2. The van der Waals surface area contributed by atoms with Gasteiger partial charge in [0.2, 0.25) is 5.91 Å². The van der Waals surface area contributed by atoms with Crippen molar-refractivity contribution in [3.63, 3.8) is 0 Å². The lowest BCUT2D eigenvalue weighted by Crippen LogP contribution is -2.41. The van der Waals surface area contributed by atoms with Crippen LogP contribution in [0.1, 0.15) is 65.7 Å². The molecule has 0 spiro atoms. The summed E-state index contributed by atoms with van der Waals surface area (Å²) in [4.78, 5) is 12.3. The normalized spacial score (nSPS) is 31.9. The van der Waals surface area contributed by atoms with Crippen LogP contribution in [0.15, 0.2) is 0 Å². The van der Waals surface area contributed by atoms with Crippen LogP contribution in [0.4, 0.5) is 0 Å². The summed E-state index contributed by atoms with van der Waals surface area (Å²) in [6.45, 7) is 9.11. The molecule has 4 unspecified atom stereocenters. The largest absolute Gasteiger partial charge is 0.353 e. The summed E-state index contributed by atoms with van der Waals surface area (Å²) >= 11 is 0. The summed E-state index contributed by atoms with van der Waals surface area (Å²) in [5.74, 6) is 3.00. The van der Waals surface area contributed by atoms with Crippen molar-refractivity contribution in [1.82, 2.24) is 10.6 Å². The Morgan fingerprint density at radius 2 is 1.90 bits per heavy atom. The summed E-state index contributed by atoms with van der Waals surface area (Å²) in [5.41, 5.74) is 0. The van der Waals surface area contributed by atoms with Crippen molar-refractivity contribution in [2.45, 2.75) is 71.8 Å². The number of piperidine rings is 1. The van der Waals surface area contributed by atoms with Crippen molar-refractivity contribution in [3.05, 3.63) is 0 Å². The van der Waals surface area contributed by atoms with Crippen molar-refractivity contribution >= 4 is 5.91 Å². The summed E-state index contributed by atoms with van der Waals surface area (Å²) in [6.07, 6.45) is 8.21. The summed E-state index contributed by atoms with van der Waals surface area (Å²) < 4.78 is 0. The van der Waals surface area contributed by atoms with Gasteiger partial charge in [0.05, 0.1) is 0 Å². The summed E-state index contributed by atoms with van der Waals surface area (Å²) in [7, 11) is 0. The molecule has 122 valence electrons. The molecule has 0 radical (unpaired) electrons. The SMILES string of the molecule is CC(C)C1CCCC(NC(=O)CC(C)C2CCCNC2)C1. The van der Waals surface area contributed by atoms with E-state index >= 15 is 0 Å². The fraction of sp³-hybridized carbons (Fsp3) is 0.944. The molecular weight excluding hydrogens is 260 g/mol. The summed E-state index contributed by atoms with van der Waals surface area (Å²) in [5, 5.41) is 6.77. The van der Waals surface area contributed by atoms with E-state index in [2.05, 4.69) is 31.4 Å². The maximum absolute atomic E-state index is 12.3. The van der Waals surface area contributed by atoms with E-state index in [1.54, 1.807) is 0 Å². The fourth-order valence-electron chi connectivity index (χ4n) is 4.07. The monoisotopic (exact) mass is 294 g/mol. The van der Waals surface area contributed by atoms with E-state index < -0.39 is 0 Å². The van der Waals surface area contributed by atoms with Crippen LogP contribution in [0.5, 0.6) is 0 Å². The Bertz CT molecular complexity index is 323. The fourth-order valence-corrected chi connectivity index (χ4v) is 4.07. The summed E-state index contributed by atoms with van der Waals surface area (Å²) in [6, 6.07) is 0.426. The first-order chi connectivity index (χ1) is 10.1. The van der Waals surface area contributed by atoms with E-state index in [-0.39, 0.29) is 5.91 Å². The van der Waals surface area contributed by atoms with Crippen LogP contribution in [0.2, 0.25) is 0 Å². The van der Waals surface area contributed by atoms with Crippen molar-refractivity contribution in [1.29, 1.82) is 0 Å². The van der Waals surface area contributed by atoms with E-state index in [9.17, 15) is 4.79 Å². The van der Waals surface area contributed by atoms with E-state index in [0.29, 0.717) is 24.3 Å². The van der Waals surface area contributed by atoms with Gasteiger partial charge in [-0.25, -0.2) is 0 Å². The highest BCUT2D eigenvalue weighted by atomic mass is 16.1. The van der Waals surface area contributed by atoms with Gasteiger partial charge in [0.1, 0.15) is 0 Å². The second-order valence-electron chi connectivity index (χ2n) is 7.72. The Morgan fingerprint density at radius 3 is 2.57 bits per heavy atom. The molecule has 1 aliphatic heterocycles. The minimum absolute atomic E-state index is 0.280. The van der Waals surface area contributed by atoms with Crippen LogP contribution in [0.3, 0.4) is 0 Å². The van der Waals surface area contributed by atoms with Gasteiger partial charge in [-0.15, -0.1) is 0 Å². The zero-order valence-corrected chi connectivity index (χ0v) is 14.2. The molecule has 2 N–H and O–H groups in total. The Morgan fingerprint density at radius 1 is 1.14 bits per heavy atom. The van der Waals surface area contributed by atoms with Crippen LogP contribution < -0.4 is 10.6 Å². The zero-order chi connectivity index (χ0) is 15.2. The third-order valence-electron chi connectivity index (χ3n) is 5.67. The highest BCUT2D eigenvalue weighted by Crippen LogP contribution is 2.30. The number of nitrogens with one attached hydrogen (secondary N) is 2. The number of rotatable bonds is 5. The van der Waals surface area contributed by atoms with Crippen molar-refractivity contribution in [2.75, 3.05) is 13.1 Å². The molecule has 1 heterocycles. The number of amides is 1. The molecule has 0 aromatic heterocycles. The van der Waals surface area contributed by atoms with E-state index in [1.165, 1.54) is 38.5 Å². The molecule has 3 heteroatoms. The Balaban J connectivity index is 1.73. The molecule has 1 saturated carbocycles. The molecule has 3 nitrogen and oxygen atoms in total. The first-order valence-corrected chi connectivity index (χ1v) is 9.06. The van der Waals surface area contributed by atoms with E-state index in [1.807, 2.05) is 0 Å². The Kier molecular flexibility index (Phi) is 6.53. The second kappa shape index (κ2) is 8.17. The molecule has 0 aromatic rings. The maximum Gasteiger partial charge on any atom is 0.220 e. The quantitative estimate of drug-likeness (QED) is 0.816. The average molecular weight is 294 g/mol. The van der Waals surface area contributed by atoms with Crippen LogP contribution in [0, 0.1) is 23.7 Å². The number of carbonyl (C=O) groups excluding carboxylic acids is 1. The van der Waals surface area contributed by atoms with Gasteiger partial charge >= 0.3 is 0 Å². The molecule has 1 amide bonds. The molecule has 2 aliphatic rings. The topological polar surface area (TPSA) is 41.1 Å². The highest BCUT2D eigenvalue weighted by Gasteiger charge is 2.27. The van der Waals surface area contributed by atoms with Gasteiger partial charge < -0.3 is 10.6 Å². The molecule has 2 fully saturated rings. The number of carbonyl (C=O) groups is 1. The van der Waals surface area contributed by atoms with Gasteiger partial charge in [0.15, 0.2) is 0 Å². The van der Waals surface area contributed by atoms with Crippen LogP contribution in [-0.2, 0) is 4.79 Å². The van der Waals surface area contributed by atoms with Gasteiger partial charge in [-0.3, -0.25) is 4.79 Å². The lowest BCUT2D eigenvalue weighted by atomic mass is 9.79. The zero-order valence-electron chi connectivity index (χ0n) is 14.2. The molecule has 1 aliphatic carbocycles. The van der Waals surface area contributed by atoms with Gasteiger partial charge in [-0.2, -0.15) is 0 Å². The third-order valence-corrected chi connectivity index (χ3v) is 5.67. The molecule has 0 aromatic carbocycles. The Labute approximate surface area is 130 Å². The maximum atomic E-state index is 12.3.